The van der Waals surface area contributed by atoms with Crippen molar-refractivity contribution in [3.63, 3.8) is 0 Å². The number of hydrogen-bond acceptors (Lipinski definition) is 10. The number of pyridine rings is 3. The molecule has 3 amide bonds. The second kappa shape index (κ2) is 13.4. The van der Waals surface area contributed by atoms with E-state index in [0.717, 1.165) is 49.2 Å². The minimum atomic E-state index is -0.194. The monoisotopic (exact) mass is 583 g/mol. The lowest BCUT2D eigenvalue weighted by molar-refractivity contribution is -0.120. The van der Waals surface area contributed by atoms with Crippen LogP contribution in [-0.4, -0.2) is 75.4 Å². The Kier molecular flexibility index (Phi) is 9.05. The van der Waals surface area contributed by atoms with Crippen LogP contribution in [0.15, 0.2) is 67.5 Å². The summed E-state index contributed by atoms with van der Waals surface area (Å²) in [5.41, 5.74) is 3.68. The summed E-state index contributed by atoms with van der Waals surface area (Å²) in [6.07, 6.45) is 8.74. The fourth-order valence-corrected chi connectivity index (χ4v) is 4.78. The van der Waals surface area contributed by atoms with E-state index in [1.54, 1.807) is 36.9 Å². The van der Waals surface area contributed by atoms with Gasteiger partial charge in [-0.2, -0.15) is 0 Å². The Labute approximate surface area is 248 Å². The van der Waals surface area contributed by atoms with E-state index in [1.807, 2.05) is 24.5 Å². The van der Waals surface area contributed by atoms with Gasteiger partial charge in [-0.15, -0.1) is 0 Å². The number of nitrogens with zero attached hydrogens (tertiary/aromatic N) is 7. The average Bonchev–Trinajstić information content (AvgIpc) is 3.54. The van der Waals surface area contributed by atoms with E-state index in [9.17, 15) is 14.4 Å². The fourth-order valence-electron chi connectivity index (χ4n) is 4.78. The first-order valence-electron chi connectivity index (χ1n) is 13.9. The van der Waals surface area contributed by atoms with Gasteiger partial charge in [0, 0.05) is 51.3 Å². The van der Waals surface area contributed by atoms with Gasteiger partial charge in [0.25, 0.3) is 0 Å². The van der Waals surface area contributed by atoms with E-state index >= 15 is 0 Å². The lowest BCUT2D eigenvalue weighted by atomic mass is 10.2. The van der Waals surface area contributed by atoms with Crippen molar-refractivity contribution >= 4 is 52.2 Å². The Balaban J connectivity index is 0.000000133. The molecule has 14 nitrogen and oxygen atoms in total. The standard InChI is InChI=1S/C13H17N5.C9H9N3O2.C7H7N3O/c1-2-17-6-7-18(9-11-8-14-10-16-11)12-4-3-5-15-13(12)17;1-6(13)12-5-8(14)11-7-3-2-4-10-9(7)12;11-6-4-9-7-5(10-6)2-1-3-8-7/h3-5,8,10H,2,6-7,9H2,1H3,(H,14,16);2-4H,5H2,1H3,(H,11,14);1-3H,4H2,(H,8,9)(H,10,11). The van der Waals surface area contributed by atoms with E-state index < -0.39 is 0 Å². The Hall–Kier alpha value is -5.53. The lowest BCUT2D eigenvalue weighted by Crippen LogP contribution is -2.41. The molecule has 0 spiro atoms. The summed E-state index contributed by atoms with van der Waals surface area (Å²) in [7, 11) is 0. The number of anilines is 6. The summed E-state index contributed by atoms with van der Waals surface area (Å²) in [6, 6.07) is 11.2. The van der Waals surface area contributed by atoms with Crippen molar-refractivity contribution in [2.45, 2.75) is 20.4 Å². The summed E-state index contributed by atoms with van der Waals surface area (Å²) >= 11 is 0. The summed E-state index contributed by atoms with van der Waals surface area (Å²) in [5, 5.41) is 8.23. The molecule has 0 radical (unpaired) electrons. The second-order valence-corrected chi connectivity index (χ2v) is 9.75. The third-order valence-electron chi connectivity index (χ3n) is 6.84. The number of fused-ring (bicyclic) bond motifs is 3. The van der Waals surface area contributed by atoms with E-state index in [2.05, 4.69) is 63.7 Å². The molecule has 7 heterocycles. The number of aromatic amines is 1. The van der Waals surface area contributed by atoms with Gasteiger partial charge in [-0.1, -0.05) is 0 Å². The molecule has 4 aromatic rings. The highest BCUT2D eigenvalue weighted by atomic mass is 16.2. The molecule has 222 valence electrons. The van der Waals surface area contributed by atoms with Gasteiger partial charge in [0.2, 0.25) is 17.7 Å². The number of carbonyl (C=O) groups is 3. The van der Waals surface area contributed by atoms with Gasteiger partial charge >= 0.3 is 0 Å². The number of carbonyl (C=O) groups excluding carboxylic acids is 3. The number of rotatable bonds is 3. The first-order valence-corrected chi connectivity index (χ1v) is 13.9. The smallest absolute Gasteiger partial charge is 0.244 e. The van der Waals surface area contributed by atoms with Crippen LogP contribution in [0.1, 0.15) is 19.5 Å². The fraction of sp³-hybridized carbons (Fsp3) is 0.276. The molecule has 0 saturated carbocycles. The molecule has 0 aliphatic carbocycles. The van der Waals surface area contributed by atoms with Crippen molar-refractivity contribution in [2.75, 3.05) is 63.4 Å². The van der Waals surface area contributed by atoms with Crippen LogP contribution in [0, 0.1) is 0 Å². The summed E-state index contributed by atoms with van der Waals surface area (Å²) in [4.78, 5) is 59.1. The van der Waals surface area contributed by atoms with E-state index in [0.29, 0.717) is 18.1 Å². The predicted octanol–water partition coefficient (Wildman–Crippen LogP) is 2.48. The van der Waals surface area contributed by atoms with Crippen molar-refractivity contribution in [3.05, 3.63) is 73.2 Å². The average molecular weight is 584 g/mol. The van der Waals surface area contributed by atoms with Crippen LogP contribution in [0.3, 0.4) is 0 Å². The Bertz CT molecular complexity index is 1580. The highest BCUT2D eigenvalue weighted by molar-refractivity contribution is 6.08. The zero-order valence-electron chi connectivity index (χ0n) is 23.9. The van der Waals surface area contributed by atoms with Gasteiger partial charge < -0.3 is 30.7 Å². The number of imidazole rings is 1. The zero-order chi connectivity index (χ0) is 30.2. The van der Waals surface area contributed by atoms with Crippen LogP contribution in [0.25, 0.3) is 0 Å². The Morgan fingerprint density at radius 3 is 2.33 bits per heavy atom. The van der Waals surface area contributed by atoms with Gasteiger partial charge in [0.05, 0.1) is 42.2 Å². The molecule has 14 heteroatoms. The molecule has 3 aliphatic rings. The van der Waals surface area contributed by atoms with Crippen LogP contribution >= 0.6 is 0 Å². The third-order valence-corrected chi connectivity index (χ3v) is 6.84. The first kappa shape index (κ1) is 29.0. The maximum Gasteiger partial charge on any atom is 0.244 e. The van der Waals surface area contributed by atoms with Crippen LogP contribution in [-0.2, 0) is 20.9 Å². The molecule has 4 aromatic heterocycles. The van der Waals surface area contributed by atoms with Gasteiger partial charge in [-0.3, -0.25) is 19.3 Å². The normalized spacial score (nSPS) is 14.7. The lowest BCUT2D eigenvalue weighted by Gasteiger charge is -2.37. The number of nitrogens with one attached hydrogen (secondary N) is 4. The minimum absolute atomic E-state index is 0.0227. The largest absolute Gasteiger partial charge is 0.361 e. The molecule has 0 aromatic carbocycles. The van der Waals surface area contributed by atoms with Crippen molar-refractivity contribution in [3.8, 4) is 0 Å². The van der Waals surface area contributed by atoms with Crippen LogP contribution in [0.2, 0.25) is 0 Å². The Morgan fingerprint density at radius 1 is 0.884 bits per heavy atom. The minimum Gasteiger partial charge on any atom is -0.361 e. The molecule has 0 fully saturated rings. The first-order chi connectivity index (χ1) is 20.9. The van der Waals surface area contributed by atoms with Crippen molar-refractivity contribution in [1.29, 1.82) is 0 Å². The summed E-state index contributed by atoms with van der Waals surface area (Å²) in [5.74, 6) is 1.95. The molecule has 0 saturated heterocycles. The number of aromatic nitrogens is 5. The molecule has 3 aliphatic heterocycles. The topological polar surface area (TPSA) is 164 Å². The zero-order valence-corrected chi connectivity index (χ0v) is 23.9. The molecule has 4 N–H and O–H groups in total. The van der Waals surface area contributed by atoms with Crippen molar-refractivity contribution < 1.29 is 14.4 Å². The molecule has 43 heavy (non-hydrogen) atoms. The predicted molar refractivity (Wildman–Crippen MR) is 164 cm³/mol. The van der Waals surface area contributed by atoms with Gasteiger partial charge in [0.15, 0.2) is 11.6 Å². The Morgan fingerprint density at radius 2 is 1.58 bits per heavy atom. The quantitative estimate of drug-likeness (QED) is 0.282. The van der Waals surface area contributed by atoms with Gasteiger partial charge in [-0.05, 0) is 43.3 Å². The summed E-state index contributed by atoms with van der Waals surface area (Å²) in [6.45, 7) is 7.84. The van der Waals surface area contributed by atoms with E-state index in [1.165, 1.54) is 17.5 Å². The van der Waals surface area contributed by atoms with Crippen LogP contribution in [0.4, 0.5) is 34.5 Å². The maximum absolute atomic E-state index is 11.2. The van der Waals surface area contributed by atoms with Crippen LogP contribution < -0.4 is 30.7 Å². The van der Waals surface area contributed by atoms with Gasteiger partial charge in [-0.25, -0.2) is 19.9 Å². The SMILES string of the molecule is CC(=O)N1CC(=O)Nc2cccnc21.CCN1CCN(Cc2cnc[nH]2)c2cccnc21.O=C1CNc2ncccc2N1. The molecule has 0 bridgehead atoms. The molecule has 7 rings (SSSR count). The molecular formula is C29H33N11O3. The molecular weight excluding hydrogens is 550 g/mol. The van der Waals surface area contributed by atoms with E-state index in [4.69, 9.17) is 0 Å². The molecule has 0 atom stereocenters. The number of amides is 3. The molecule has 0 unspecified atom stereocenters. The maximum atomic E-state index is 11.2. The van der Waals surface area contributed by atoms with Crippen LogP contribution in [0.5, 0.6) is 0 Å². The van der Waals surface area contributed by atoms with Gasteiger partial charge in [0.1, 0.15) is 12.4 Å². The van der Waals surface area contributed by atoms with E-state index in [-0.39, 0.29) is 24.3 Å². The number of likely N-dealkylation sites (N-methyl/N-ethyl adjacent to an activating group) is 1. The van der Waals surface area contributed by atoms with Crippen molar-refractivity contribution in [1.82, 2.24) is 24.9 Å². The highest BCUT2D eigenvalue weighted by Gasteiger charge is 2.25. The third kappa shape index (κ3) is 7.04. The number of H-pyrrole nitrogens is 1. The second-order valence-electron chi connectivity index (χ2n) is 9.75. The summed E-state index contributed by atoms with van der Waals surface area (Å²) < 4.78 is 0. The van der Waals surface area contributed by atoms with Crippen molar-refractivity contribution in [2.24, 2.45) is 0 Å². The highest BCUT2D eigenvalue weighted by Crippen LogP contribution is 2.31. The number of hydrogen-bond donors (Lipinski definition) is 4.